The maximum Gasteiger partial charge on any atom is 0.223 e. The van der Waals surface area contributed by atoms with Crippen LogP contribution in [-0.2, 0) is 11.3 Å². The number of nitrogens with one attached hydrogen (secondary N) is 1. The molecular weight excluding hydrogens is 352 g/mol. The van der Waals surface area contributed by atoms with Crippen molar-refractivity contribution < 1.29 is 9.59 Å². The highest BCUT2D eigenvalue weighted by molar-refractivity contribution is 5.79. The third-order valence-corrected chi connectivity index (χ3v) is 5.85. The zero-order valence-electron chi connectivity index (χ0n) is 16.2. The largest absolute Gasteiger partial charge is 0.371 e. The number of aryl methyl sites for hydroxylation is 1. The van der Waals surface area contributed by atoms with Gasteiger partial charge in [0.25, 0.3) is 0 Å². The van der Waals surface area contributed by atoms with Gasteiger partial charge in [-0.3, -0.25) is 14.3 Å². The van der Waals surface area contributed by atoms with Gasteiger partial charge >= 0.3 is 0 Å². The number of carbonyl (C=O) groups is 2. The minimum atomic E-state index is 0.0947. The molecule has 1 saturated heterocycles. The summed E-state index contributed by atoms with van der Waals surface area (Å²) in [5, 5.41) is 7.52. The summed E-state index contributed by atoms with van der Waals surface area (Å²) in [5.74, 6) is 0.980. The summed E-state index contributed by atoms with van der Waals surface area (Å²) in [7, 11) is 0. The predicted molar refractivity (Wildman–Crippen MR) is 109 cm³/mol. The van der Waals surface area contributed by atoms with Gasteiger partial charge in [0.2, 0.25) is 5.91 Å². The fourth-order valence-electron chi connectivity index (χ4n) is 4.00. The molecule has 2 aromatic rings. The number of rotatable bonds is 8. The first kappa shape index (κ1) is 18.7. The van der Waals surface area contributed by atoms with E-state index in [1.165, 1.54) is 18.5 Å². The first-order valence-corrected chi connectivity index (χ1v) is 10.3. The number of hydrogen-bond donors (Lipinski definition) is 1. The van der Waals surface area contributed by atoms with Crippen LogP contribution in [-0.4, -0.2) is 41.6 Å². The summed E-state index contributed by atoms with van der Waals surface area (Å²) in [6.45, 7) is 3.32. The third-order valence-electron chi connectivity index (χ3n) is 5.85. The number of piperidine rings is 1. The highest BCUT2D eigenvalue weighted by Gasteiger charge is 2.27. The van der Waals surface area contributed by atoms with Crippen LogP contribution in [0.25, 0.3) is 0 Å². The van der Waals surface area contributed by atoms with Crippen LogP contribution in [0.5, 0.6) is 0 Å². The molecule has 0 spiro atoms. The van der Waals surface area contributed by atoms with E-state index in [1.54, 1.807) is 0 Å². The fraction of sp³-hybridized carbons (Fsp3) is 0.500. The molecule has 0 radical (unpaired) electrons. The topological polar surface area (TPSA) is 67.2 Å². The molecule has 1 aromatic carbocycles. The highest BCUT2D eigenvalue weighted by atomic mass is 16.1. The van der Waals surface area contributed by atoms with Gasteiger partial charge in [-0.15, -0.1) is 0 Å². The highest BCUT2D eigenvalue weighted by Crippen LogP contribution is 2.39. The summed E-state index contributed by atoms with van der Waals surface area (Å²) >= 11 is 0. The third kappa shape index (κ3) is 4.43. The van der Waals surface area contributed by atoms with Crippen molar-refractivity contribution in [2.75, 3.05) is 24.5 Å². The number of aldehydes is 1. The van der Waals surface area contributed by atoms with Gasteiger partial charge in [-0.05, 0) is 62.4 Å². The second-order valence-corrected chi connectivity index (χ2v) is 7.87. The Balaban J connectivity index is 1.17. The number of amides is 1. The molecule has 2 aliphatic rings. The smallest absolute Gasteiger partial charge is 0.223 e. The van der Waals surface area contributed by atoms with Crippen LogP contribution in [0, 0.1) is 5.92 Å². The average Bonchev–Trinajstić information content (AvgIpc) is 3.49. The quantitative estimate of drug-likeness (QED) is 0.565. The average molecular weight is 380 g/mol. The van der Waals surface area contributed by atoms with E-state index in [1.807, 2.05) is 30.5 Å². The maximum atomic E-state index is 12.5. The molecule has 0 unspecified atom stereocenters. The van der Waals surface area contributed by atoms with Crippen LogP contribution in [0.4, 0.5) is 5.69 Å². The molecule has 4 rings (SSSR count). The predicted octanol–water partition coefficient (Wildman–Crippen LogP) is 3.00. The van der Waals surface area contributed by atoms with Crippen molar-refractivity contribution in [3.05, 3.63) is 47.8 Å². The molecule has 1 aliphatic heterocycles. The van der Waals surface area contributed by atoms with Gasteiger partial charge in [-0.1, -0.05) is 0 Å². The van der Waals surface area contributed by atoms with Gasteiger partial charge in [0.1, 0.15) is 6.29 Å². The molecule has 1 amide bonds. The normalized spacial score (nSPS) is 17.5. The minimum absolute atomic E-state index is 0.0947. The molecule has 1 aliphatic carbocycles. The molecule has 1 N–H and O–H groups in total. The Kier molecular flexibility index (Phi) is 5.74. The molecule has 1 saturated carbocycles. The molecule has 6 nitrogen and oxygen atoms in total. The molecule has 148 valence electrons. The van der Waals surface area contributed by atoms with E-state index in [-0.39, 0.29) is 11.8 Å². The summed E-state index contributed by atoms with van der Waals surface area (Å²) in [4.78, 5) is 25.5. The van der Waals surface area contributed by atoms with E-state index < -0.39 is 0 Å². The number of carbonyl (C=O) groups excluding carboxylic acids is 2. The van der Waals surface area contributed by atoms with E-state index in [0.717, 1.165) is 50.9 Å². The summed E-state index contributed by atoms with van der Waals surface area (Å²) in [6.07, 6.45) is 7.95. The van der Waals surface area contributed by atoms with Crippen LogP contribution in [0.3, 0.4) is 0 Å². The van der Waals surface area contributed by atoms with Crippen LogP contribution in [0.15, 0.2) is 36.5 Å². The second-order valence-electron chi connectivity index (χ2n) is 7.87. The number of benzene rings is 1. The molecule has 2 fully saturated rings. The van der Waals surface area contributed by atoms with E-state index in [2.05, 4.69) is 26.1 Å². The van der Waals surface area contributed by atoms with Crippen molar-refractivity contribution in [2.24, 2.45) is 5.92 Å². The summed E-state index contributed by atoms with van der Waals surface area (Å²) in [5.41, 5.74) is 3.16. The van der Waals surface area contributed by atoms with Gasteiger partial charge in [-0.2, -0.15) is 5.10 Å². The number of anilines is 1. The van der Waals surface area contributed by atoms with Crippen molar-refractivity contribution >= 4 is 17.9 Å². The van der Waals surface area contributed by atoms with Crippen molar-refractivity contribution in [2.45, 2.75) is 44.6 Å². The molecule has 0 atom stereocenters. The molecule has 6 heteroatoms. The monoisotopic (exact) mass is 380 g/mol. The summed E-state index contributed by atoms with van der Waals surface area (Å²) < 4.78 is 2.10. The SMILES string of the molecule is O=Cc1ccc(N2CCC(C(=O)NCCCn3nccc3C3CC3)CC2)cc1. The Morgan fingerprint density at radius 2 is 1.86 bits per heavy atom. The van der Waals surface area contributed by atoms with Crippen LogP contribution < -0.4 is 10.2 Å². The van der Waals surface area contributed by atoms with Gasteiger partial charge in [0.05, 0.1) is 0 Å². The van der Waals surface area contributed by atoms with Gasteiger partial charge in [-0.25, -0.2) is 0 Å². The second kappa shape index (κ2) is 8.59. The first-order chi connectivity index (χ1) is 13.7. The van der Waals surface area contributed by atoms with Crippen molar-refractivity contribution in [3.8, 4) is 0 Å². The van der Waals surface area contributed by atoms with Crippen LogP contribution in [0.2, 0.25) is 0 Å². The number of aromatic nitrogens is 2. The van der Waals surface area contributed by atoms with Crippen molar-refractivity contribution in [1.82, 2.24) is 15.1 Å². The minimum Gasteiger partial charge on any atom is -0.371 e. The lowest BCUT2D eigenvalue weighted by Crippen LogP contribution is -2.41. The Morgan fingerprint density at radius 3 is 2.54 bits per heavy atom. The zero-order valence-corrected chi connectivity index (χ0v) is 16.2. The Morgan fingerprint density at radius 1 is 1.11 bits per heavy atom. The van der Waals surface area contributed by atoms with Gasteiger partial charge in [0.15, 0.2) is 0 Å². The Labute approximate surface area is 165 Å². The lowest BCUT2D eigenvalue weighted by atomic mass is 9.95. The molecule has 2 heterocycles. The van der Waals surface area contributed by atoms with Gasteiger partial charge in [0, 0.05) is 61.2 Å². The lowest BCUT2D eigenvalue weighted by molar-refractivity contribution is -0.125. The fourth-order valence-corrected chi connectivity index (χ4v) is 4.00. The van der Waals surface area contributed by atoms with Crippen LogP contribution in [0.1, 0.15) is 54.1 Å². The molecular formula is C22H28N4O2. The number of hydrogen-bond acceptors (Lipinski definition) is 4. The number of nitrogens with zero attached hydrogens (tertiary/aromatic N) is 3. The molecule has 28 heavy (non-hydrogen) atoms. The standard InChI is InChI=1S/C22H28N4O2/c27-16-17-2-6-20(7-3-17)25-14-9-19(10-15-25)22(28)23-11-1-13-26-21(8-12-24-26)18-4-5-18/h2-3,6-8,12,16,18-19H,1,4-5,9-11,13-15H2,(H,23,28). The first-order valence-electron chi connectivity index (χ1n) is 10.3. The van der Waals surface area contributed by atoms with Gasteiger partial charge < -0.3 is 10.2 Å². The van der Waals surface area contributed by atoms with E-state index in [9.17, 15) is 9.59 Å². The summed E-state index contributed by atoms with van der Waals surface area (Å²) in [6, 6.07) is 9.77. The van der Waals surface area contributed by atoms with E-state index in [0.29, 0.717) is 18.0 Å². The van der Waals surface area contributed by atoms with E-state index >= 15 is 0 Å². The molecule has 1 aromatic heterocycles. The van der Waals surface area contributed by atoms with Crippen molar-refractivity contribution in [3.63, 3.8) is 0 Å². The Bertz CT molecular complexity index is 802. The maximum absolute atomic E-state index is 12.5. The van der Waals surface area contributed by atoms with Crippen molar-refractivity contribution in [1.29, 1.82) is 0 Å². The zero-order chi connectivity index (χ0) is 19.3. The Hall–Kier alpha value is -2.63. The van der Waals surface area contributed by atoms with Crippen LogP contribution >= 0.6 is 0 Å². The molecule has 0 bridgehead atoms. The lowest BCUT2D eigenvalue weighted by Gasteiger charge is -2.33. The van der Waals surface area contributed by atoms with E-state index in [4.69, 9.17) is 0 Å².